The molecule has 0 bridgehead atoms. The number of benzene rings is 1. The van der Waals surface area contributed by atoms with Gasteiger partial charge in [0.1, 0.15) is 5.75 Å². The average Bonchev–Trinajstić information content (AvgIpc) is 2.30. The third kappa shape index (κ3) is 6.99. The van der Waals surface area contributed by atoms with Crippen molar-refractivity contribution in [2.45, 2.75) is 33.1 Å². The van der Waals surface area contributed by atoms with Gasteiger partial charge in [-0.15, -0.1) is 0 Å². The van der Waals surface area contributed by atoms with Gasteiger partial charge in [-0.05, 0) is 44.5 Å². The number of hydrogen-bond acceptors (Lipinski definition) is 3. The van der Waals surface area contributed by atoms with Gasteiger partial charge in [0.05, 0.1) is 19.2 Å². The van der Waals surface area contributed by atoms with E-state index in [1.165, 1.54) is 0 Å². The Kier molecular flexibility index (Phi) is 6.02. The van der Waals surface area contributed by atoms with Crippen molar-refractivity contribution in [2.24, 2.45) is 0 Å². The first kappa shape index (κ1) is 17.3. The number of aryl methyl sites for hydroxylation is 1. The number of ether oxygens (including phenoxy) is 1. The van der Waals surface area contributed by atoms with Crippen LogP contribution in [0, 0.1) is 6.92 Å². The lowest BCUT2D eigenvalue weighted by molar-refractivity contribution is -0.126. The van der Waals surface area contributed by atoms with E-state index in [4.69, 9.17) is 4.74 Å². The van der Waals surface area contributed by atoms with Crippen LogP contribution in [-0.4, -0.2) is 31.3 Å². The van der Waals surface area contributed by atoms with Gasteiger partial charge in [0.15, 0.2) is 0 Å². The van der Waals surface area contributed by atoms with Crippen LogP contribution in [0.5, 0.6) is 5.75 Å². The van der Waals surface area contributed by atoms with E-state index in [1.807, 2.05) is 19.2 Å². The number of rotatable bonds is 6. The molecule has 0 aliphatic heterocycles. The summed E-state index contributed by atoms with van der Waals surface area (Å²) >= 11 is 0. The van der Waals surface area contributed by atoms with E-state index in [2.05, 4.69) is 5.32 Å². The maximum Gasteiger partial charge on any atom is 0.401 e. The van der Waals surface area contributed by atoms with Crippen molar-refractivity contribution in [3.05, 3.63) is 23.8 Å². The van der Waals surface area contributed by atoms with E-state index in [-0.39, 0.29) is 6.10 Å². The van der Waals surface area contributed by atoms with Gasteiger partial charge in [0, 0.05) is 5.69 Å². The van der Waals surface area contributed by atoms with Crippen LogP contribution in [0.3, 0.4) is 0 Å². The second kappa shape index (κ2) is 7.31. The Hall–Kier alpha value is -1.76. The number of hydrogen-bond donors (Lipinski definition) is 2. The molecule has 0 aliphatic carbocycles. The quantitative estimate of drug-likeness (QED) is 0.849. The molecule has 118 valence electrons. The number of carbonyl (C=O) groups is 1. The van der Waals surface area contributed by atoms with E-state index in [0.717, 1.165) is 5.56 Å². The van der Waals surface area contributed by atoms with Crippen molar-refractivity contribution in [3.63, 3.8) is 0 Å². The first-order valence-corrected chi connectivity index (χ1v) is 6.52. The lowest BCUT2D eigenvalue weighted by Gasteiger charge is -2.13. The van der Waals surface area contributed by atoms with Gasteiger partial charge < -0.3 is 15.4 Å². The zero-order valence-electron chi connectivity index (χ0n) is 12.2. The summed E-state index contributed by atoms with van der Waals surface area (Å²) in [6.07, 6.45) is -4.29. The molecule has 2 N–H and O–H groups in total. The Morgan fingerprint density at radius 2 is 2.00 bits per heavy atom. The summed E-state index contributed by atoms with van der Waals surface area (Å²) in [6, 6.07) is 5.12. The third-order valence-electron chi connectivity index (χ3n) is 2.45. The van der Waals surface area contributed by atoms with Crippen LogP contribution in [0.25, 0.3) is 0 Å². The number of nitrogens with one attached hydrogen (secondary N) is 2. The number of carbonyl (C=O) groups excluding carboxylic acids is 1. The standard InChI is InChI=1S/C14H19F3N2O2/c1-9(2)21-11-4-5-12(10(3)6-11)19-13(20)7-18-8-14(15,16)17/h4-6,9,18H,7-8H2,1-3H3,(H,19,20). The maximum absolute atomic E-state index is 11.9. The maximum atomic E-state index is 11.9. The second-order valence-corrected chi connectivity index (χ2v) is 4.91. The topological polar surface area (TPSA) is 50.4 Å². The van der Waals surface area contributed by atoms with Crippen LogP contribution in [0.4, 0.5) is 18.9 Å². The minimum atomic E-state index is -4.33. The molecule has 1 rings (SSSR count). The highest BCUT2D eigenvalue weighted by atomic mass is 19.4. The van der Waals surface area contributed by atoms with Crippen molar-refractivity contribution in [1.29, 1.82) is 0 Å². The summed E-state index contributed by atoms with van der Waals surface area (Å²) in [4.78, 5) is 11.5. The first-order chi connectivity index (χ1) is 9.67. The molecule has 0 atom stereocenters. The molecule has 21 heavy (non-hydrogen) atoms. The van der Waals surface area contributed by atoms with Gasteiger partial charge in [-0.3, -0.25) is 4.79 Å². The minimum Gasteiger partial charge on any atom is -0.491 e. The van der Waals surface area contributed by atoms with Crippen LogP contribution >= 0.6 is 0 Å². The van der Waals surface area contributed by atoms with Crippen molar-refractivity contribution in [2.75, 3.05) is 18.4 Å². The Balaban J connectivity index is 2.53. The zero-order chi connectivity index (χ0) is 16.0. The molecule has 0 saturated carbocycles. The summed E-state index contributed by atoms with van der Waals surface area (Å²) in [5, 5.41) is 4.59. The highest BCUT2D eigenvalue weighted by Crippen LogP contribution is 2.22. The van der Waals surface area contributed by atoms with Gasteiger partial charge in [-0.1, -0.05) is 0 Å². The van der Waals surface area contributed by atoms with Crippen molar-refractivity contribution in [1.82, 2.24) is 5.32 Å². The molecular formula is C14H19F3N2O2. The van der Waals surface area contributed by atoms with E-state index in [9.17, 15) is 18.0 Å². The summed E-state index contributed by atoms with van der Waals surface area (Å²) < 4.78 is 41.3. The second-order valence-electron chi connectivity index (χ2n) is 4.91. The highest BCUT2D eigenvalue weighted by Gasteiger charge is 2.26. The minimum absolute atomic E-state index is 0.0383. The van der Waals surface area contributed by atoms with E-state index in [1.54, 1.807) is 25.1 Å². The molecule has 1 aromatic carbocycles. The molecule has 7 heteroatoms. The van der Waals surface area contributed by atoms with Gasteiger partial charge in [-0.2, -0.15) is 13.2 Å². The molecule has 0 saturated heterocycles. The Labute approximate surface area is 121 Å². The van der Waals surface area contributed by atoms with Crippen LogP contribution in [-0.2, 0) is 4.79 Å². The Morgan fingerprint density at radius 3 is 2.52 bits per heavy atom. The lowest BCUT2D eigenvalue weighted by atomic mass is 10.2. The van der Waals surface area contributed by atoms with Crippen molar-refractivity contribution in [3.8, 4) is 5.75 Å². The van der Waals surface area contributed by atoms with Gasteiger partial charge >= 0.3 is 6.18 Å². The molecule has 0 aromatic heterocycles. The predicted octanol–water partition coefficient (Wildman–Crippen LogP) is 2.87. The molecule has 0 heterocycles. The lowest BCUT2D eigenvalue weighted by Crippen LogP contribution is -2.35. The Morgan fingerprint density at radius 1 is 1.33 bits per heavy atom. The summed E-state index contributed by atoms with van der Waals surface area (Å²) in [6.45, 7) is 3.99. The molecular weight excluding hydrogens is 285 g/mol. The van der Waals surface area contributed by atoms with Crippen LogP contribution < -0.4 is 15.4 Å². The molecule has 1 aromatic rings. The van der Waals surface area contributed by atoms with E-state index >= 15 is 0 Å². The molecule has 0 unspecified atom stereocenters. The van der Waals surface area contributed by atoms with Crippen LogP contribution in [0.2, 0.25) is 0 Å². The molecule has 4 nitrogen and oxygen atoms in total. The molecule has 0 aliphatic rings. The van der Waals surface area contributed by atoms with E-state index in [0.29, 0.717) is 11.4 Å². The summed E-state index contributed by atoms with van der Waals surface area (Å²) in [5.74, 6) is 0.149. The van der Waals surface area contributed by atoms with Crippen molar-refractivity contribution >= 4 is 11.6 Å². The molecule has 0 radical (unpaired) electrons. The van der Waals surface area contributed by atoms with Crippen molar-refractivity contribution < 1.29 is 22.7 Å². The van der Waals surface area contributed by atoms with Crippen LogP contribution in [0.1, 0.15) is 19.4 Å². The Bertz CT molecular complexity index is 488. The fourth-order valence-corrected chi connectivity index (χ4v) is 1.63. The van der Waals surface area contributed by atoms with E-state index < -0.39 is 25.2 Å². The summed E-state index contributed by atoms with van der Waals surface area (Å²) in [7, 11) is 0. The normalized spacial score (nSPS) is 11.6. The first-order valence-electron chi connectivity index (χ1n) is 6.52. The number of alkyl halides is 3. The van der Waals surface area contributed by atoms with Crippen LogP contribution in [0.15, 0.2) is 18.2 Å². The summed E-state index contributed by atoms with van der Waals surface area (Å²) in [5.41, 5.74) is 1.32. The van der Waals surface area contributed by atoms with Gasteiger partial charge in [0.2, 0.25) is 5.91 Å². The molecule has 1 amide bonds. The number of halogens is 3. The fourth-order valence-electron chi connectivity index (χ4n) is 1.63. The SMILES string of the molecule is Cc1cc(OC(C)C)ccc1NC(=O)CNCC(F)(F)F. The predicted molar refractivity (Wildman–Crippen MR) is 74.5 cm³/mol. The average molecular weight is 304 g/mol. The third-order valence-corrected chi connectivity index (χ3v) is 2.45. The number of amides is 1. The molecule has 0 spiro atoms. The monoisotopic (exact) mass is 304 g/mol. The fraction of sp³-hybridized carbons (Fsp3) is 0.500. The number of anilines is 1. The molecule has 0 fully saturated rings. The highest BCUT2D eigenvalue weighted by molar-refractivity contribution is 5.93. The smallest absolute Gasteiger partial charge is 0.401 e. The zero-order valence-corrected chi connectivity index (χ0v) is 12.2. The largest absolute Gasteiger partial charge is 0.491 e. The van der Waals surface area contributed by atoms with Gasteiger partial charge in [-0.25, -0.2) is 0 Å². The van der Waals surface area contributed by atoms with Gasteiger partial charge in [0.25, 0.3) is 0 Å².